The molecule has 0 radical (unpaired) electrons. The van der Waals surface area contributed by atoms with Crippen LogP contribution in [0.3, 0.4) is 0 Å². The van der Waals surface area contributed by atoms with Crippen LogP contribution in [0.4, 0.5) is 0 Å². The fourth-order valence-corrected chi connectivity index (χ4v) is 4.05. The van der Waals surface area contributed by atoms with Crippen LogP contribution in [0.5, 0.6) is 0 Å². The van der Waals surface area contributed by atoms with Crippen LogP contribution in [0.1, 0.15) is 23.2 Å². The maximum absolute atomic E-state index is 4.92. The van der Waals surface area contributed by atoms with Crippen molar-refractivity contribution in [1.82, 2.24) is 4.98 Å². The average molecular weight is 324 g/mol. The average Bonchev–Trinajstić information content (AvgIpc) is 2.92. The van der Waals surface area contributed by atoms with Gasteiger partial charge >= 0.3 is 0 Å². The Morgan fingerprint density at radius 3 is 2.72 bits per heavy atom. The van der Waals surface area contributed by atoms with Gasteiger partial charge in [0.2, 0.25) is 0 Å². The van der Waals surface area contributed by atoms with Crippen molar-refractivity contribution in [1.29, 1.82) is 0 Å². The molecule has 0 unspecified atom stereocenters. The molecule has 5 rings (SSSR count). The van der Waals surface area contributed by atoms with Crippen LogP contribution in [0.15, 0.2) is 71.9 Å². The van der Waals surface area contributed by atoms with Gasteiger partial charge in [-0.15, -0.1) is 0 Å². The molecule has 1 aliphatic carbocycles. The van der Waals surface area contributed by atoms with Gasteiger partial charge in [0.1, 0.15) is 0 Å². The predicted octanol–water partition coefficient (Wildman–Crippen LogP) is 5.25. The Balaban J connectivity index is 1.70. The number of aliphatic imine (C=N–C) groups is 1. The van der Waals surface area contributed by atoms with Gasteiger partial charge in [-0.2, -0.15) is 0 Å². The normalized spacial score (nSPS) is 14.3. The minimum atomic E-state index is 0.883. The van der Waals surface area contributed by atoms with Crippen molar-refractivity contribution >= 4 is 16.5 Å². The lowest BCUT2D eigenvalue weighted by Gasteiger charge is -2.15. The van der Waals surface area contributed by atoms with Crippen LogP contribution < -0.4 is 0 Å². The summed E-state index contributed by atoms with van der Waals surface area (Å²) in [6, 6.07) is 21.6. The molecule has 0 fully saturated rings. The van der Waals surface area contributed by atoms with E-state index in [-0.39, 0.29) is 0 Å². The molecule has 2 heteroatoms. The quantitative estimate of drug-likeness (QED) is 0.521. The van der Waals surface area contributed by atoms with Crippen molar-refractivity contribution in [3.05, 3.63) is 83.7 Å². The molecule has 3 aliphatic rings. The van der Waals surface area contributed by atoms with Crippen LogP contribution in [0.2, 0.25) is 0 Å². The number of nitrogens with one attached hydrogen (secondary N) is 1. The van der Waals surface area contributed by atoms with Crippen molar-refractivity contribution in [2.45, 2.75) is 19.3 Å². The van der Waals surface area contributed by atoms with Gasteiger partial charge in [-0.05, 0) is 51.9 Å². The van der Waals surface area contributed by atoms with Gasteiger partial charge in [0.05, 0.1) is 11.4 Å². The Bertz CT molecular complexity index is 1040. The molecule has 0 atom stereocenters. The molecule has 0 spiro atoms. The monoisotopic (exact) mass is 324 g/mol. The van der Waals surface area contributed by atoms with E-state index in [0.717, 1.165) is 25.8 Å². The lowest BCUT2D eigenvalue weighted by Crippen LogP contribution is -2.11. The van der Waals surface area contributed by atoms with Crippen molar-refractivity contribution in [2.24, 2.45) is 4.99 Å². The predicted molar refractivity (Wildman–Crippen MR) is 105 cm³/mol. The minimum absolute atomic E-state index is 0.883. The molecule has 1 N–H and O–H groups in total. The van der Waals surface area contributed by atoms with E-state index in [1.807, 2.05) is 0 Å². The zero-order valence-corrected chi connectivity index (χ0v) is 14.1. The Hall–Kier alpha value is -2.87. The summed E-state index contributed by atoms with van der Waals surface area (Å²) < 4.78 is 0. The number of pyridine rings is 1. The standard InChI is InChI=1S/C23H20N2/c1-2-7-16(8-3-1)13-21-23-20(11-6-12-24-21)22-18(15-25-23)14-17-9-4-5-10-19(17)22/h1-5,7-10,14-15,25H,6,11-13H2. The highest BCUT2D eigenvalue weighted by Crippen LogP contribution is 2.38. The smallest absolute Gasteiger partial charge is 0.0636 e. The number of benzene rings is 2. The molecule has 122 valence electrons. The van der Waals surface area contributed by atoms with Crippen molar-refractivity contribution < 1.29 is 0 Å². The molecule has 2 aromatic rings. The van der Waals surface area contributed by atoms with Gasteiger partial charge in [-0.3, -0.25) is 4.99 Å². The Kier molecular flexibility index (Phi) is 3.41. The zero-order chi connectivity index (χ0) is 16.6. The number of nitrogens with zero attached hydrogens (tertiary/aromatic N) is 1. The summed E-state index contributed by atoms with van der Waals surface area (Å²) in [7, 11) is 0. The first-order valence-electron chi connectivity index (χ1n) is 8.99. The van der Waals surface area contributed by atoms with E-state index < -0.39 is 0 Å². The van der Waals surface area contributed by atoms with E-state index in [4.69, 9.17) is 4.99 Å². The largest absolute Gasteiger partial charge is 0.359 e. The van der Waals surface area contributed by atoms with Crippen molar-refractivity contribution in [2.75, 3.05) is 6.54 Å². The summed E-state index contributed by atoms with van der Waals surface area (Å²) in [4.78, 5) is 8.49. The lowest BCUT2D eigenvalue weighted by atomic mass is 9.94. The molecule has 2 aromatic carbocycles. The molecule has 0 aromatic heterocycles. The van der Waals surface area contributed by atoms with Crippen molar-refractivity contribution in [3.8, 4) is 11.1 Å². The number of hydrogen-bond acceptors (Lipinski definition) is 1. The number of aromatic amines is 1. The fourth-order valence-electron chi connectivity index (χ4n) is 4.05. The van der Waals surface area contributed by atoms with Crippen LogP contribution >= 0.6 is 0 Å². The van der Waals surface area contributed by atoms with Crippen LogP contribution in [-0.2, 0) is 12.8 Å². The van der Waals surface area contributed by atoms with Gasteiger partial charge < -0.3 is 4.98 Å². The van der Waals surface area contributed by atoms with Gasteiger partial charge in [-0.25, -0.2) is 0 Å². The highest BCUT2D eigenvalue weighted by Gasteiger charge is 2.21. The Morgan fingerprint density at radius 2 is 1.80 bits per heavy atom. The second-order valence-electron chi connectivity index (χ2n) is 6.80. The first kappa shape index (κ1) is 14.5. The van der Waals surface area contributed by atoms with Gasteiger partial charge in [0.15, 0.2) is 0 Å². The number of H-pyrrole nitrogens is 1. The minimum Gasteiger partial charge on any atom is -0.359 e. The first-order valence-corrected chi connectivity index (χ1v) is 8.99. The topological polar surface area (TPSA) is 28.1 Å². The maximum Gasteiger partial charge on any atom is 0.0636 e. The molecule has 0 saturated heterocycles. The third-order valence-electron chi connectivity index (χ3n) is 5.20. The van der Waals surface area contributed by atoms with Crippen LogP contribution in [-0.4, -0.2) is 17.2 Å². The molecule has 0 amide bonds. The van der Waals surface area contributed by atoms with E-state index in [0.29, 0.717) is 0 Å². The second-order valence-corrected chi connectivity index (χ2v) is 6.80. The molecule has 0 saturated carbocycles. The van der Waals surface area contributed by atoms with Gasteiger partial charge in [-0.1, -0.05) is 54.6 Å². The summed E-state index contributed by atoms with van der Waals surface area (Å²) in [6.45, 7) is 0.908. The van der Waals surface area contributed by atoms with E-state index in [2.05, 4.69) is 71.8 Å². The summed E-state index contributed by atoms with van der Waals surface area (Å²) in [5, 5.41) is 2.69. The molecule has 0 bridgehead atoms. The first-order chi connectivity index (χ1) is 12.4. The van der Waals surface area contributed by atoms with Crippen LogP contribution in [0, 0.1) is 0 Å². The second kappa shape index (κ2) is 5.89. The van der Waals surface area contributed by atoms with Gasteiger partial charge in [0.25, 0.3) is 0 Å². The SMILES string of the molecule is c1ccc(CC2=NCCCc3c2[nH]cc2cc4ccccc4c3-2)cc1. The third kappa shape index (κ3) is 2.45. The molecule has 2 aliphatic heterocycles. The van der Waals surface area contributed by atoms with E-state index in [9.17, 15) is 0 Å². The lowest BCUT2D eigenvalue weighted by molar-refractivity contribution is 0.844. The summed E-state index contributed by atoms with van der Waals surface area (Å²) in [6.07, 6.45) is 5.23. The van der Waals surface area contributed by atoms with Crippen molar-refractivity contribution in [3.63, 3.8) is 0 Å². The highest BCUT2D eigenvalue weighted by atomic mass is 14.8. The number of fused-ring (bicyclic) bond motifs is 5. The highest BCUT2D eigenvalue weighted by molar-refractivity contribution is 6.08. The summed E-state index contributed by atoms with van der Waals surface area (Å²) in [5.74, 6) is 0. The Labute approximate surface area is 147 Å². The number of rotatable bonds is 2. The molecule has 25 heavy (non-hydrogen) atoms. The molecular formula is C23H20N2. The number of hydrogen-bond donors (Lipinski definition) is 1. The summed E-state index contributed by atoms with van der Waals surface area (Å²) >= 11 is 0. The molecular weight excluding hydrogens is 304 g/mol. The Morgan fingerprint density at radius 1 is 0.960 bits per heavy atom. The van der Waals surface area contributed by atoms with Gasteiger partial charge in [0, 0.05) is 19.2 Å². The maximum atomic E-state index is 4.92. The third-order valence-corrected chi connectivity index (χ3v) is 5.20. The number of aromatic nitrogens is 1. The zero-order valence-electron chi connectivity index (χ0n) is 14.1. The molecule has 2 nitrogen and oxygen atoms in total. The fraction of sp³-hybridized carbons (Fsp3) is 0.174. The molecule has 2 heterocycles. The van der Waals surface area contributed by atoms with E-state index >= 15 is 0 Å². The van der Waals surface area contributed by atoms with E-state index in [1.54, 1.807) is 0 Å². The van der Waals surface area contributed by atoms with Crippen LogP contribution in [0.25, 0.3) is 21.9 Å². The summed E-state index contributed by atoms with van der Waals surface area (Å²) in [5.41, 5.74) is 7.88. The van der Waals surface area contributed by atoms with E-state index in [1.165, 1.54) is 44.4 Å².